The van der Waals surface area contributed by atoms with Gasteiger partial charge in [0.05, 0.1) is 22.8 Å². The molecule has 0 spiro atoms. The van der Waals surface area contributed by atoms with Crippen LogP contribution in [0.3, 0.4) is 0 Å². The number of amides is 1. The minimum absolute atomic E-state index is 0.0985. The van der Waals surface area contributed by atoms with Crippen LogP contribution in [0.25, 0.3) is 0 Å². The Balaban J connectivity index is 2.55. The Morgan fingerprint density at radius 2 is 1.62 bits per heavy atom. The molecule has 1 amide bonds. The first-order valence-electron chi connectivity index (χ1n) is 8.92. The highest BCUT2D eigenvalue weighted by molar-refractivity contribution is 6.35. The number of carbonyl (C=O) groups is 4. The van der Waals surface area contributed by atoms with E-state index in [1.54, 1.807) is 12.1 Å². The van der Waals surface area contributed by atoms with Gasteiger partial charge in [0, 0.05) is 10.6 Å². The third-order valence-electron chi connectivity index (χ3n) is 4.03. The van der Waals surface area contributed by atoms with Crippen LogP contribution in [0.15, 0.2) is 52.7 Å². The zero-order valence-electron chi connectivity index (χ0n) is 16.9. The van der Waals surface area contributed by atoms with Gasteiger partial charge in [0.2, 0.25) is 5.91 Å². The van der Waals surface area contributed by atoms with Gasteiger partial charge in [0.25, 0.3) is 0 Å². The number of nitrogens with zero attached hydrogens (tertiary/aromatic N) is 3. The third kappa shape index (κ3) is 5.67. The van der Waals surface area contributed by atoms with Crippen molar-refractivity contribution in [3.63, 3.8) is 0 Å². The number of aliphatic carboxylic acids is 2. The Kier molecular flexibility index (Phi) is 8.03. The normalized spacial score (nSPS) is 11.5. The molecule has 0 fully saturated rings. The number of azo groups is 1. The molecule has 3 N–H and O–H groups in total. The Morgan fingerprint density at radius 1 is 1.00 bits per heavy atom. The number of rotatable bonds is 9. The van der Waals surface area contributed by atoms with Gasteiger partial charge >= 0.3 is 17.6 Å². The summed E-state index contributed by atoms with van der Waals surface area (Å²) in [6.45, 7) is -0.297. The summed E-state index contributed by atoms with van der Waals surface area (Å²) in [5.41, 5.74) is -3.26. The van der Waals surface area contributed by atoms with Crippen molar-refractivity contribution in [2.75, 3.05) is 20.6 Å². The highest BCUT2D eigenvalue weighted by Gasteiger charge is 2.49. The number of ketones is 1. The maximum absolute atomic E-state index is 13.0. The summed E-state index contributed by atoms with van der Waals surface area (Å²) < 4.78 is 0. The Labute approximate surface area is 192 Å². The van der Waals surface area contributed by atoms with Crippen molar-refractivity contribution in [1.29, 1.82) is 0 Å². The van der Waals surface area contributed by atoms with Crippen molar-refractivity contribution >= 4 is 52.5 Å². The van der Waals surface area contributed by atoms with Gasteiger partial charge in [-0.15, -0.1) is 5.11 Å². The number of hydrogen-bond donors (Lipinski definition) is 3. The first-order chi connectivity index (χ1) is 15.0. The summed E-state index contributed by atoms with van der Waals surface area (Å²) in [7, 11) is 3.06. The lowest BCUT2D eigenvalue weighted by Crippen LogP contribution is -2.60. The molecular weight excluding hydrogens is 463 g/mol. The molecule has 2 aromatic carbocycles. The molecule has 0 aromatic heterocycles. The Bertz CT molecular complexity index is 1090. The summed E-state index contributed by atoms with van der Waals surface area (Å²) in [5.74, 6) is -5.47. The lowest BCUT2D eigenvalue weighted by atomic mass is 10.0. The van der Waals surface area contributed by atoms with Crippen molar-refractivity contribution in [2.45, 2.75) is 5.66 Å². The van der Waals surface area contributed by atoms with Crippen molar-refractivity contribution in [2.24, 2.45) is 10.2 Å². The predicted octanol–water partition coefficient (Wildman–Crippen LogP) is 2.85. The number of likely N-dealkylation sites (N-methyl/N-ethyl adjacent to an activating group) is 1. The third-order valence-corrected chi connectivity index (χ3v) is 4.59. The second-order valence-corrected chi connectivity index (χ2v) is 7.62. The smallest absolute Gasteiger partial charge is 0.366 e. The molecule has 0 atom stereocenters. The quantitative estimate of drug-likeness (QED) is 0.283. The van der Waals surface area contributed by atoms with E-state index >= 15 is 0 Å². The highest BCUT2D eigenvalue weighted by atomic mass is 35.5. The Morgan fingerprint density at radius 3 is 2.19 bits per heavy atom. The molecule has 0 aliphatic carbocycles. The molecule has 0 saturated carbocycles. The first-order valence-corrected chi connectivity index (χ1v) is 9.67. The number of benzene rings is 2. The van der Waals surface area contributed by atoms with E-state index in [9.17, 15) is 29.4 Å². The van der Waals surface area contributed by atoms with Crippen molar-refractivity contribution < 1.29 is 29.4 Å². The maximum atomic E-state index is 13.0. The van der Waals surface area contributed by atoms with Crippen molar-refractivity contribution in [1.82, 2.24) is 10.2 Å². The van der Waals surface area contributed by atoms with Gasteiger partial charge in [-0.25, -0.2) is 9.59 Å². The zero-order valence-corrected chi connectivity index (χ0v) is 18.4. The topological polar surface area (TPSA) is 149 Å². The van der Waals surface area contributed by atoms with Crippen LogP contribution in [0.2, 0.25) is 10.0 Å². The summed E-state index contributed by atoms with van der Waals surface area (Å²) in [5, 5.41) is 28.3. The summed E-state index contributed by atoms with van der Waals surface area (Å²) in [6, 6.07) is 10.1. The van der Waals surface area contributed by atoms with Crippen LogP contribution in [-0.2, 0) is 14.4 Å². The number of nitrogens with one attached hydrogen (secondary N) is 1. The van der Waals surface area contributed by atoms with Crippen molar-refractivity contribution in [3.05, 3.63) is 63.6 Å². The molecular formula is C20H18Cl2N4O6. The fourth-order valence-electron chi connectivity index (χ4n) is 2.53. The average molecular weight is 481 g/mol. The molecule has 0 aliphatic heterocycles. The largest absolute Gasteiger partial charge is 0.478 e. The first kappa shape index (κ1) is 24.9. The fraction of sp³-hybridized carbons (Fsp3) is 0.200. The standard InChI is InChI=1S/C20H18Cl2N4O6/c1-26(2)10-16(27)23-20(18(29)30,19(31)32)25-24-15-8-7-11(21)9-13(15)17(28)12-5-3-4-6-14(12)22/h3-9H,10H2,1-2H3,(H,23,27)(H,29,30)(H,31,32). The summed E-state index contributed by atoms with van der Waals surface area (Å²) >= 11 is 12.1. The van der Waals surface area contributed by atoms with Gasteiger partial charge in [-0.05, 0) is 44.4 Å². The number of halogens is 2. The molecule has 0 heterocycles. The van der Waals surface area contributed by atoms with Crippen LogP contribution < -0.4 is 5.32 Å². The molecule has 0 bridgehead atoms. The summed E-state index contributed by atoms with van der Waals surface area (Å²) in [4.78, 5) is 50.0. The molecule has 10 nitrogen and oxygen atoms in total. The fourth-order valence-corrected chi connectivity index (χ4v) is 2.93. The number of carboxylic acid groups (broad SMARTS) is 2. The van der Waals surface area contributed by atoms with E-state index in [0.29, 0.717) is 0 Å². The predicted molar refractivity (Wildman–Crippen MR) is 116 cm³/mol. The monoisotopic (exact) mass is 480 g/mol. The van der Waals surface area contributed by atoms with Crippen molar-refractivity contribution in [3.8, 4) is 0 Å². The molecule has 168 valence electrons. The SMILES string of the molecule is CN(C)CC(=O)NC(N=Nc1ccc(Cl)cc1C(=O)c1ccccc1Cl)(C(=O)O)C(=O)O. The van der Waals surface area contributed by atoms with E-state index in [4.69, 9.17) is 23.2 Å². The molecule has 0 aliphatic rings. The number of carbonyl (C=O) groups excluding carboxylic acids is 2. The summed E-state index contributed by atoms with van der Waals surface area (Å²) in [6.07, 6.45) is 0. The second kappa shape index (κ2) is 10.3. The minimum Gasteiger partial charge on any atom is -0.478 e. The molecule has 32 heavy (non-hydrogen) atoms. The van der Waals surface area contributed by atoms with E-state index in [1.807, 2.05) is 5.32 Å². The average Bonchev–Trinajstić information content (AvgIpc) is 2.70. The molecule has 12 heteroatoms. The van der Waals surface area contributed by atoms with E-state index < -0.39 is 29.3 Å². The van der Waals surface area contributed by atoms with Gasteiger partial charge < -0.3 is 20.4 Å². The van der Waals surface area contributed by atoms with Crippen LogP contribution >= 0.6 is 23.2 Å². The van der Waals surface area contributed by atoms with Gasteiger partial charge in [-0.3, -0.25) is 9.59 Å². The molecule has 0 saturated heterocycles. The number of carboxylic acids is 2. The van der Waals surface area contributed by atoms with Gasteiger partial charge in [0.15, 0.2) is 5.78 Å². The molecule has 2 aromatic rings. The number of hydrogen-bond acceptors (Lipinski definition) is 7. The zero-order chi connectivity index (χ0) is 24.1. The van der Waals surface area contributed by atoms with Gasteiger partial charge in [0.1, 0.15) is 0 Å². The van der Waals surface area contributed by atoms with Crippen LogP contribution in [0.4, 0.5) is 5.69 Å². The van der Waals surface area contributed by atoms with Gasteiger partial charge in [-0.2, -0.15) is 5.11 Å². The lowest BCUT2D eigenvalue weighted by molar-refractivity contribution is -0.161. The van der Waals surface area contributed by atoms with E-state index in [-0.39, 0.29) is 33.4 Å². The van der Waals surface area contributed by atoms with E-state index in [1.165, 1.54) is 49.3 Å². The van der Waals surface area contributed by atoms with Gasteiger partial charge in [-0.1, -0.05) is 35.3 Å². The van der Waals surface area contributed by atoms with Crippen LogP contribution in [0.1, 0.15) is 15.9 Å². The van der Waals surface area contributed by atoms with E-state index in [0.717, 1.165) is 0 Å². The van der Waals surface area contributed by atoms with E-state index in [2.05, 4.69) is 10.2 Å². The highest BCUT2D eigenvalue weighted by Crippen LogP contribution is 2.29. The maximum Gasteiger partial charge on any atom is 0.366 e. The lowest BCUT2D eigenvalue weighted by Gasteiger charge is -2.21. The molecule has 0 unspecified atom stereocenters. The molecule has 0 radical (unpaired) electrons. The second-order valence-electron chi connectivity index (χ2n) is 6.78. The van der Waals surface area contributed by atoms with Crippen LogP contribution in [-0.4, -0.2) is 65.0 Å². The van der Waals surface area contributed by atoms with Crippen LogP contribution in [0, 0.1) is 0 Å². The molecule has 2 rings (SSSR count). The minimum atomic E-state index is -3.11. The van der Waals surface area contributed by atoms with Crippen LogP contribution in [0.5, 0.6) is 0 Å². The Hall–Kier alpha value is -3.34.